The number of carbonyl (C=O) groups excluding carboxylic acids is 1. The van der Waals surface area contributed by atoms with E-state index in [1.54, 1.807) is 49.6 Å². The van der Waals surface area contributed by atoms with E-state index in [9.17, 15) is 4.79 Å². The van der Waals surface area contributed by atoms with Crippen LogP contribution in [0.4, 0.5) is 5.69 Å². The third kappa shape index (κ3) is 2.80. The second-order valence-electron chi connectivity index (χ2n) is 3.86. The van der Waals surface area contributed by atoms with Gasteiger partial charge in [0, 0.05) is 23.4 Å². The lowest BCUT2D eigenvalue weighted by Crippen LogP contribution is -2.27. The molecule has 0 saturated carbocycles. The van der Waals surface area contributed by atoms with Crippen LogP contribution in [0.2, 0.25) is 0 Å². The molecule has 1 heterocycles. The number of carbonyl (C=O) groups is 1. The Morgan fingerprint density at radius 2 is 2.00 bits per heavy atom. The van der Waals surface area contributed by atoms with Gasteiger partial charge < -0.3 is 4.90 Å². The summed E-state index contributed by atoms with van der Waals surface area (Å²) in [6, 6.07) is 12.4. The quantitative estimate of drug-likeness (QED) is 0.856. The van der Waals surface area contributed by atoms with E-state index >= 15 is 0 Å². The number of hydrogen-bond donors (Lipinski definition) is 0. The van der Waals surface area contributed by atoms with E-state index in [1.807, 2.05) is 6.07 Å². The maximum absolute atomic E-state index is 12.3. The summed E-state index contributed by atoms with van der Waals surface area (Å²) in [4.78, 5) is 17.9. The molecule has 1 amide bonds. The monoisotopic (exact) mass is 315 g/mol. The van der Waals surface area contributed by atoms with Crippen molar-refractivity contribution in [3.63, 3.8) is 0 Å². The molecule has 19 heavy (non-hydrogen) atoms. The van der Waals surface area contributed by atoms with Crippen molar-refractivity contribution in [3.8, 4) is 6.07 Å². The number of benzene rings is 1. The average molecular weight is 316 g/mol. The summed E-state index contributed by atoms with van der Waals surface area (Å²) >= 11 is 3.31. The Bertz CT molecular complexity index is 646. The molecule has 0 aliphatic rings. The molecule has 0 N–H and O–H groups in total. The van der Waals surface area contributed by atoms with Crippen molar-refractivity contribution in [1.29, 1.82) is 5.26 Å². The molecule has 0 saturated heterocycles. The zero-order chi connectivity index (χ0) is 13.8. The maximum Gasteiger partial charge on any atom is 0.277 e. The Morgan fingerprint density at radius 3 is 2.58 bits per heavy atom. The molecular weight excluding hydrogens is 306 g/mol. The van der Waals surface area contributed by atoms with Crippen molar-refractivity contribution in [1.82, 2.24) is 4.98 Å². The first-order valence-corrected chi connectivity index (χ1v) is 6.31. The van der Waals surface area contributed by atoms with Gasteiger partial charge in [0.15, 0.2) is 0 Å². The van der Waals surface area contributed by atoms with E-state index in [4.69, 9.17) is 5.26 Å². The van der Waals surface area contributed by atoms with Crippen LogP contribution >= 0.6 is 15.9 Å². The first kappa shape index (κ1) is 13.2. The first-order valence-electron chi connectivity index (χ1n) is 5.52. The Kier molecular flexibility index (Phi) is 3.93. The Balaban J connectivity index is 2.29. The second-order valence-corrected chi connectivity index (χ2v) is 4.71. The van der Waals surface area contributed by atoms with Gasteiger partial charge in [-0.15, -0.1) is 0 Å². The number of amides is 1. The minimum atomic E-state index is -0.211. The molecule has 0 atom stereocenters. The maximum atomic E-state index is 12.3. The standard InChI is InChI=1S/C14H10BrN3O/c1-18(11-6-4-10(9-16)5-7-11)14(19)13-12(15)3-2-8-17-13/h2-8H,1H3. The SMILES string of the molecule is CN(C(=O)c1ncccc1Br)c1ccc(C#N)cc1. The van der Waals surface area contributed by atoms with Crippen molar-refractivity contribution < 1.29 is 4.79 Å². The zero-order valence-electron chi connectivity index (χ0n) is 10.2. The fraction of sp³-hybridized carbons (Fsp3) is 0.0714. The third-order valence-electron chi connectivity index (χ3n) is 2.65. The van der Waals surface area contributed by atoms with Crippen LogP contribution < -0.4 is 4.90 Å². The van der Waals surface area contributed by atoms with Crippen LogP contribution in [0.3, 0.4) is 0 Å². The van der Waals surface area contributed by atoms with Gasteiger partial charge in [-0.3, -0.25) is 4.79 Å². The topological polar surface area (TPSA) is 57.0 Å². The number of halogens is 1. The lowest BCUT2D eigenvalue weighted by atomic mass is 10.2. The van der Waals surface area contributed by atoms with E-state index < -0.39 is 0 Å². The van der Waals surface area contributed by atoms with Gasteiger partial charge in [-0.25, -0.2) is 4.98 Å². The fourth-order valence-electron chi connectivity index (χ4n) is 1.58. The number of nitrogens with zero attached hydrogens (tertiary/aromatic N) is 3. The normalized spacial score (nSPS) is 9.74. The van der Waals surface area contributed by atoms with Gasteiger partial charge in [-0.05, 0) is 52.3 Å². The number of anilines is 1. The van der Waals surface area contributed by atoms with Crippen LogP contribution in [0.1, 0.15) is 16.1 Å². The van der Waals surface area contributed by atoms with E-state index in [-0.39, 0.29) is 5.91 Å². The van der Waals surface area contributed by atoms with E-state index in [1.165, 1.54) is 4.90 Å². The van der Waals surface area contributed by atoms with Gasteiger partial charge >= 0.3 is 0 Å². The molecule has 0 aliphatic carbocycles. The van der Waals surface area contributed by atoms with Crippen molar-refractivity contribution in [2.45, 2.75) is 0 Å². The summed E-state index contributed by atoms with van der Waals surface area (Å²) in [5.41, 5.74) is 1.62. The summed E-state index contributed by atoms with van der Waals surface area (Å²) in [5, 5.41) is 8.74. The minimum absolute atomic E-state index is 0.211. The molecular formula is C14H10BrN3O. The molecule has 0 radical (unpaired) electrons. The van der Waals surface area contributed by atoms with Crippen molar-refractivity contribution in [2.24, 2.45) is 0 Å². The molecule has 0 aliphatic heterocycles. The Morgan fingerprint density at radius 1 is 1.32 bits per heavy atom. The molecule has 2 aromatic rings. The Labute approximate surface area is 119 Å². The van der Waals surface area contributed by atoms with E-state index in [0.29, 0.717) is 21.4 Å². The predicted molar refractivity (Wildman–Crippen MR) is 75.8 cm³/mol. The molecule has 1 aromatic carbocycles. The van der Waals surface area contributed by atoms with Gasteiger partial charge in [0.25, 0.3) is 5.91 Å². The summed E-state index contributed by atoms with van der Waals surface area (Å²) in [6.07, 6.45) is 1.57. The minimum Gasteiger partial charge on any atom is -0.310 e. The highest BCUT2D eigenvalue weighted by Crippen LogP contribution is 2.19. The summed E-state index contributed by atoms with van der Waals surface area (Å²) in [5.74, 6) is -0.211. The Hall–Kier alpha value is -2.19. The average Bonchev–Trinajstić information content (AvgIpc) is 2.46. The first-order chi connectivity index (χ1) is 9.13. The fourth-order valence-corrected chi connectivity index (χ4v) is 2.00. The lowest BCUT2D eigenvalue weighted by molar-refractivity contribution is 0.0987. The smallest absolute Gasteiger partial charge is 0.277 e. The molecule has 0 unspecified atom stereocenters. The van der Waals surface area contributed by atoms with Gasteiger partial charge in [0.1, 0.15) is 5.69 Å². The van der Waals surface area contributed by atoms with E-state index in [2.05, 4.69) is 20.9 Å². The van der Waals surface area contributed by atoms with Crippen molar-refractivity contribution in [3.05, 3.63) is 58.3 Å². The van der Waals surface area contributed by atoms with Crippen molar-refractivity contribution in [2.75, 3.05) is 11.9 Å². The number of hydrogen-bond acceptors (Lipinski definition) is 3. The zero-order valence-corrected chi connectivity index (χ0v) is 11.8. The molecule has 1 aromatic heterocycles. The van der Waals surface area contributed by atoms with Crippen molar-refractivity contribution >= 4 is 27.5 Å². The van der Waals surface area contributed by atoms with Crippen LogP contribution in [0.25, 0.3) is 0 Å². The third-order valence-corrected chi connectivity index (χ3v) is 3.29. The van der Waals surface area contributed by atoms with Gasteiger partial charge in [0.05, 0.1) is 11.6 Å². The largest absolute Gasteiger partial charge is 0.310 e. The predicted octanol–water partition coefficient (Wildman–Crippen LogP) is 2.99. The number of pyridine rings is 1. The lowest BCUT2D eigenvalue weighted by Gasteiger charge is -2.17. The highest BCUT2D eigenvalue weighted by molar-refractivity contribution is 9.10. The van der Waals surface area contributed by atoms with Crippen LogP contribution in [0, 0.1) is 11.3 Å². The highest BCUT2D eigenvalue weighted by Gasteiger charge is 2.17. The molecule has 0 bridgehead atoms. The van der Waals surface area contributed by atoms with Crippen LogP contribution in [-0.2, 0) is 0 Å². The van der Waals surface area contributed by atoms with Gasteiger partial charge in [0.2, 0.25) is 0 Å². The summed E-state index contributed by atoms with van der Waals surface area (Å²) in [6.45, 7) is 0. The molecule has 0 spiro atoms. The number of rotatable bonds is 2. The van der Waals surface area contributed by atoms with Crippen LogP contribution in [-0.4, -0.2) is 17.9 Å². The van der Waals surface area contributed by atoms with E-state index in [0.717, 1.165) is 0 Å². The molecule has 0 fully saturated rings. The highest BCUT2D eigenvalue weighted by atomic mass is 79.9. The molecule has 4 nitrogen and oxygen atoms in total. The van der Waals surface area contributed by atoms with Crippen LogP contribution in [0.15, 0.2) is 47.1 Å². The molecule has 5 heteroatoms. The van der Waals surface area contributed by atoms with Crippen LogP contribution in [0.5, 0.6) is 0 Å². The molecule has 94 valence electrons. The summed E-state index contributed by atoms with van der Waals surface area (Å²) in [7, 11) is 1.67. The summed E-state index contributed by atoms with van der Waals surface area (Å²) < 4.78 is 0.653. The number of aromatic nitrogens is 1. The second kappa shape index (κ2) is 5.63. The van der Waals surface area contributed by atoms with Gasteiger partial charge in [-0.2, -0.15) is 5.26 Å². The van der Waals surface area contributed by atoms with Gasteiger partial charge in [-0.1, -0.05) is 0 Å². The molecule has 2 rings (SSSR count). The number of nitriles is 1.